The maximum Gasteiger partial charge on any atom is 0.418 e. The van der Waals surface area contributed by atoms with Crippen LogP contribution in [0.3, 0.4) is 0 Å². The van der Waals surface area contributed by atoms with Crippen LogP contribution in [0.5, 0.6) is 0 Å². The van der Waals surface area contributed by atoms with Crippen molar-refractivity contribution in [2.45, 2.75) is 116 Å². The summed E-state index contributed by atoms with van der Waals surface area (Å²) in [4.78, 5) is 85.7. The van der Waals surface area contributed by atoms with E-state index in [1.807, 2.05) is 6.92 Å². The number of aromatic nitrogens is 2. The number of nitrogens with zero attached hydrogens (tertiary/aromatic N) is 5. The first-order chi connectivity index (χ1) is 26.6. The van der Waals surface area contributed by atoms with Crippen molar-refractivity contribution in [3.63, 3.8) is 0 Å². The average molecular weight is 775 g/mol. The number of imide groups is 1. The fourth-order valence-corrected chi connectivity index (χ4v) is 6.40. The average Bonchev–Trinajstić information content (AvgIpc) is 3.46. The van der Waals surface area contributed by atoms with Gasteiger partial charge in [-0.05, 0) is 50.5 Å². The standard InChI is InChI=1S/C40H47ClN6O8/c1-6-9-11-12-13-14-15-16-17-18-22-53-39(51)26-20-21-28(41)30(23-26)45-36(48)34(46-38(50)33(19-10-7-2)55-40(46)52)35-44-29-25-32(43-5)31(42-4)24-27(29)37(49)47(35)54-8-3/h20-21,23-25,33-34H,6-19,22H2,1-3H3,(H,45,48). The Morgan fingerprint density at radius 2 is 1.55 bits per heavy atom. The van der Waals surface area contributed by atoms with E-state index in [2.05, 4.69) is 26.9 Å². The number of halogens is 1. The lowest BCUT2D eigenvalue weighted by molar-refractivity contribution is -0.136. The largest absolute Gasteiger partial charge is 0.462 e. The normalized spacial score (nSPS) is 14.3. The molecule has 0 aliphatic carbocycles. The van der Waals surface area contributed by atoms with Crippen LogP contribution < -0.4 is 15.7 Å². The lowest BCUT2D eigenvalue weighted by atomic mass is 10.1. The molecule has 1 fully saturated rings. The van der Waals surface area contributed by atoms with E-state index in [0.29, 0.717) is 28.9 Å². The number of nitrogens with one attached hydrogen (secondary N) is 1. The maximum absolute atomic E-state index is 14.4. The maximum atomic E-state index is 14.4. The van der Waals surface area contributed by atoms with Gasteiger partial charge >= 0.3 is 12.1 Å². The molecule has 1 aliphatic heterocycles. The second-order valence-corrected chi connectivity index (χ2v) is 13.6. The molecule has 0 radical (unpaired) electrons. The number of cyclic esters (lactones) is 1. The fraction of sp³-hybridized carbons (Fsp3) is 0.500. The summed E-state index contributed by atoms with van der Waals surface area (Å²) in [6, 6.07) is 4.60. The van der Waals surface area contributed by atoms with Crippen LogP contribution in [0.4, 0.5) is 21.9 Å². The molecule has 2 aromatic carbocycles. The molecule has 2 atom stereocenters. The van der Waals surface area contributed by atoms with Crippen molar-refractivity contribution in [1.82, 2.24) is 14.6 Å². The van der Waals surface area contributed by atoms with E-state index >= 15 is 0 Å². The number of rotatable bonds is 21. The van der Waals surface area contributed by atoms with Gasteiger partial charge in [-0.1, -0.05) is 95.7 Å². The van der Waals surface area contributed by atoms with Crippen LogP contribution in [0.1, 0.15) is 126 Å². The number of fused-ring (bicyclic) bond motifs is 1. The highest BCUT2D eigenvalue weighted by atomic mass is 35.5. The molecule has 3 aromatic rings. The summed E-state index contributed by atoms with van der Waals surface area (Å²) in [5.41, 5.74) is -1.09. The van der Waals surface area contributed by atoms with Crippen LogP contribution in [0.25, 0.3) is 20.6 Å². The number of hydrogen-bond acceptors (Lipinski definition) is 9. The highest BCUT2D eigenvalue weighted by Gasteiger charge is 2.49. The van der Waals surface area contributed by atoms with Gasteiger partial charge in [0.25, 0.3) is 17.4 Å². The Hall–Kier alpha value is -5.47. The molecule has 1 aliphatic rings. The van der Waals surface area contributed by atoms with Gasteiger partial charge in [0.2, 0.25) is 0 Å². The quantitative estimate of drug-likeness (QED) is 0.0635. The smallest absolute Gasteiger partial charge is 0.418 e. The molecule has 1 N–H and O–H groups in total. The zero-order valence-corrected chi connectivity index (χ0v) is 32.3. The number of hydrogen-bond donors (Lipinski definition) is 1. The summed E-state index contributed by atoms with van der Waals surface area (Å²) in [7, 11) is 0. The topological polar surface area (TPSA) is 155 Å². The first kappa shape index (κ1) is 42.3. The molecule has 1 saturated heterocycles. The third kappa shape index (κ3) is 10.6. The van der Waals surface area contributed by atoms with Gasteiger partial charge in [0.05, 0.1) is 46.9 Å². The van der Waals surface area contributed by atoms with Gasteiger partial charge in [-0.3, -0.25) is 24.1 Å². The van der Waals surface area contributed by atoms with Crippen LogP contribution >= 0.6 is 11.6 Å². The number of unbranched alkanes of at least 4 members (excludes halogenated alkanes) is 10. The minimum Gasteiger partial charge on any atom is -0.462 e. The number of anilines is 1. The fourth-order valence-electron chi connectivity index (χ4n) is 6.23. The number of benzene rings is 2. The Morgan fingerprint density at radius 3 is 2.18 bits per heavy atom. The van der Waals surface area contributed by atoms with Gasteiger partial charge in [0, 0.05) is 0 Å². The van der Waals surface area contributed by atoms with E-state index in [4.69, 9.17) is 39.1 Å². The molecule has 15 heteroatoms. The molecule has 2 unspecified atom stereocenters. The molecular formula is C40H47ClN6O8. The van der Waals surface area contributed by atoms with E-state index in [-0.39, 0.29) is 58.2 Å². The molecule has 0 spiro atoms. The van der Waals surface area contributed by atoms with Crippen molar-refractivity contribution in [3.8, 4) is 0 Å². The van der Waals surface area contributed by atoms with E-state index in [1.54, 1.807) is 6.92 Å². The highest BCUT2D eigenvalue weighted by molar-refractivity contribution is 6.34. The minimum absolute atomic E-state index is 0.0246. The van der Waals surface area contributed by atoms with Crippen LogP contribution in [-0.2, 0) is 19.1 Å². The third-order valence-electron chi connectivity index (χ3n) is 9.16. The molecule has 55 heavy (non-hydrogen) atoms. The monoisotopic (exact) mass is 774 g/mol. The Bertz CT molecular complexity index is 2020. The molecule has 292 valence electrons. The van der Waals surface area contributed by atoms with Gasteiger partial charge in [-0.2, -0.15) is 0 Å². The predicted molar refractivity (Wildman–Crippen MR) is 207 cm³/mol. The molecular weight excluding hydrogens is 728 g/mol. The molecule has 2 heterocycles. The Labute approximate surface area is 325 Å². The van der Waals surface area contributed by atoms with E-state index in [0.717, 1.165) is 19.3 Å². The predicted octanol–water partition coefficient (Wildman–Crippen LogP) is 8.90. The summed E-state index contributed by atoms with van der Waals surface area (Å²) in [5, 5.41) is 2.52. The van der Waals surface area contributed by atoms with E-state index in [9.17, 15) is 24.0 Å². The zero-order valence-electron chi connectivity index (χ0n) is 31.5. The van der Waals surface area contributed by atoms with Crippen molar-refractivity contribution in [2.75, 3.05) is 18.5 Å². The van der Waals surface area contributed by atoms with Crippen molar-refractivity contribution < 1.29 is 33.5 Å². The Kier molecular flexibility index (Phi) is 16.0. The summed E-state index contributed by atoms with van der Waals surface area (Å²) in [6.45, 7) is 20.8. The number of esters is 1. The third-order valence-corrected chi connectivity index (χ3v) is 9.49. The number of amides is 3. The zero-order chi connectivity index (χ0) is 39.9. The van der Waals surface area contributed by atoms with Crippen molar-refractivity contribution in [3.05, 3.63) is 79.9 Å². The molecule has 4 rings (SSSR count). The van der Waals surface area contributed by atoms with Crippen molar-refractivity contribution >= 4 is 63.4 Å². The molecule has 0 bridgehead atoms. The summed E-state index contributed by atoms with van der Waals surface area (Å²) in [5.74, 6) is -2.99. The van der Waals surface area contributed by atoms with Crippen molar-refractivity contribution in [2.24, 2.45) is 0 Å². The van der Waals surface area contributed by atoms with Crippen LogP contribution in [0.2, 0.25) is 5.02 Å². The summed E-state index contributed by atoms with van der Waals surface area (Å²) >= 11 is 6.48. The summed E-state index contributed by atoms with van der Waals surface area (Å²) < 4.78 is 11.6. The van der Waals surface area contributed by atoms with Gasteiger partial charge in [0.15, 0.2) is 29.3 Å². The van der Waals surface area contributed by atoms with Gasteiger partial charge in [0.1, 0.15) is 6.61 Å². The van der Waals surface area contributed by atoms with Gasteiger partial charge in [-0.25, -0.2) is 19.5 Å². The molecule has 0 saturated carbocycles. The Balaban J connectivity index is 1.62. The van der Waals surface area contributed by atoms with Gasteiger partial charge in [-0.15, -0.1) is 4.73 Å². The lowest BCUT2D eigenvalue weighted by Crippen LogP contribution is -2.45. The lowest BCUT2D eigenvalue weighted by Gasteiger charge is -2.25. The van der Waals surface area contributed by atoms with E-state index in [1.165, 1.54) is 68.9 Å². The highest BCUT2D eigenvalue weighted by Crippen LogP contribution is 2.34. The summed E-state index contributed by atoms with van der Waals surface area (Å²) in [6.07, 6.45) is 10.4. The number of carbonyl (C=O) groups excluding carboxylic acids is 4. The van der Waals surface area contributed by atoms with Crippen LogP contribution in [0.15, 0.2) is 35.1 Å². The first-order valence-electron chi connectivity index (χ1n) is 18.9. The van der Waals surface area contributed by atoms with Crippen molar-refractivity contribution in [1.29, 1.82) is 0 Å². The molecule has 1 aromatic heterocycles. The Morgan fingerprint density at radius 1 is 0.909 bits per heavy atom. The second kappa shape index (κ2) is 20.8. The number of ether oxygens (including phenoxy) is 2. The van der Waals surface area contributed by atoms with E-state index < -0.39 is 47.4 Å². The second-order valence-electron chi connectivity index (χ2n) is 13.2. The van der Waals surface area contributed by atoms with Gasteiger partial charge < -0.3 is 19.6 Å². The molecule has 14 nitrogen and oxygen atoms in total. The minimum atomic E-state index is -1.95. The van der Waals surface area contributed by atoms with Crippen LogP contribution in [0, 0.1) is 13.1 Å². The number of carbonyl (C=O) groups is 4. The van der Waals surface area contributed by atoms with Crippen LogP contribution in [-0.4, -0.2) is 57.8 Å². The molecule has 3 amide bonds. The first-order valence-corrected chi connectivity index (χ1v) is 19.3. The SMILES string of the molecule is [C-]#[N+]c1cc2nc(C(C(=O)Nc3cc(C(=O)OCCCCCCCCCCCC)ccc3Cl)N3C(=O)OC(CCCC)C3=O)n(OCC)c(=O)c2cc1[N+]#[C-].